The van der Waals surface area contributed by atoms with E-state index in [1.807, 2.05) is 12.1 Å². The predicted octanol–water partition coefficient (Wildman–Crippen LogP) is 4.97. The molecule has 0 saturated heterocycles. The van der Waals surface area contributed by atoms with E-state index in [9.17, 15) is 0 Å². The van der Waals surface area contributed by atoms with Crippen LogP contribution in [0.4, 0.5) is 0 Å². The topological polar surface area (TPSA) is 38.0 Å². The van der Waals surface area contributed by atoms with Gasteiger partial charge >= 0.3 is 0 Å². The van der Waals surface area contributed by atoms with Crippen LogP contribution < -0.4 is 11.3 Å². The Morgan fingerprint density at radius 2 is 1.86 bits per heavy atom. The molecular weight excluding hydrogens is 303 g/mol. The molecule has 0 amide bonds. The van der Waals surface area contributed by atoms with Crippen LogP contribution in [0.5, 0.6) is 0 Å². The summed E-state index contributed by atoms with van der Waals surface area (Å²) in [4.78, 5) is 0. The van der Waals surface area contributed by atoms with Gasteiger partial charge in [-0.3, -0.25) is 11.3 Å². The summed E-state index contributed by atoms with van der Waals surface area (Å²) in [7, 11) is 0. The molecule has 2 rings (SSSR count). The average Bonchev–Trinajstić information content (AvgIpc) is 2.88. The highest BCUT2D eigenvalue weighted by molar-refractivity contribution is 6.42. The summed E-state index contributed by atoms with van der Waals surface area (Å²) in [6.07, 6.45) is 7.28. The van der Waals surface area contributed by atoms with E-state index in [4.69, 9.17) is 29.0 Å². The van der Waals surface area contributed by atoms with Gasteiger partial charge in [0.15, 0.2) is 0 Å². The van der Waals surface area contributed by atoms with E-state index in [-0.39, 0.29) is 0 Å². The van der Waals surface area contributed by atoms with Gasteiger partial charge in [-0.15, -0.1) is 0 Å². The molecule has 0 bridgehead atoms. The summed E-state index contributed by atoms with van der Waals surface area (Å²) < 4.78 is 0. The largest absolute Gasteiger partial charge is 0.271 e. The second kappa shape index (κ2) is 7.32. The number of rotatable bonds is 6. The number of hydrogen-bond acceptors (Lipinski definition) is 2. The third-order valence-electron chi connectivity index (χ3n) is 4.78. The fourth-order valence-corrected chi connectivity index (χ4v) is 4.26. The quantitative estimate of drug-likeness (QED) is 0.571. The van der Waals surface area contributed by atoms with Crippen LogP contribution in [0.15, 0.2) is 18.2 Å². The van der Waals surface area contributed by atoms with Gasteiger partial charge in [-0.2, -0.15) is 0 Å². The highest BCUT2D eigenvalue weighted by Crippen LogP contribution is 2.46. The van der Waals surface area contributed by atoms with Crippen molar-refractivity contribution in [2.45, 2.75) is 58.4 Å². The van der Waals surface area contributed by atoms with Crippen LogP contribution in [0, 0.1) is 11.3 Å². The van der Waals surface area contributed by atoms with Gasteiger partial charge in [0, 0.05) is 6.04 Å². The molecule has 118 valence electrons. The first-order valence-corrected chi connectivity index (χ1v) is 8.62. The lowest BCUT2D eigenvalue weighted by Crippen LogP contribution is -2.49. The number of hydrazine groups is 1. The Kier molecular flexibility index (Phi) is 5.96. The molecule has 1 aromatic carbocycles. The number of halogens is 2. The zero-order valence-corrected chi connectivity index (χ0v) is 14.5. The second-order valence-corrected chi connectivity index (χ2v) is 7.65. The smallest absolute Gasteiger partial charge is 0.0595 e. The Balaban J connectivity index is 2.18. The zero-order valence-electron chi connectivity index (χ0n) is 13.0. The molecule has 3 N–H and O–H groups in total. The maximum Gasteiger partial charge on any atom is 0.0595 e. The van der Waals surface area contributed by atoms with Crippen LogP contribution in [0.25, 0.3) is 0 Å². The first kappa shape index (κ1) is 17.1. The van der Waals surface area contributed by atoms with Gasteiger partial charge in [-0.1, -0.05) is 56.0 Å². The standard InChI is InChI=1S/C17H26Cl2N2/c1-12(2)11-17(7-3-4-8-17)16(21-20)10-13-5-6-14(18)15(19)9-13/h5-6,9,12,16,21H,3-4,7-8,10-11,20H2,1-2H3. The van der Waals surface area contributed by atoms with Crippen molar-refractivity contribution in [2.24, 2.45) is 17.2 Å². The molecular formula is C17H26Cl2N2. The van der Waals surface area contributed by atoms with Gasteiger partial charge in [-0.05, 0) is 54.7 Å². The number of nitrogens with two attached hydrogens (primary N) is 1. The van der Waals surface area contributed by atoms with E-state index in [1.54, 1.807) is 0 Å². The molecule has 0 radical (unpaired) electrons. The summed E-state index contributed by atoms with van der Waals surface area (Å²) in [6, 6.07) is 6.18. The fraction of sp³-hybridized carbons (Fsp3) is 0.647. The van der Waals surface area contributed by atoms with E-state index >= 15 is 0 Å². The highest BCUT2D eigenvalue weighted by atomic mass is 35.5. The third-order valence-corrected chi connectivity index (χ3v) is 5.52. The Labute approximate surface area is 138 Å². The molecule has 1 aliphatic rings. The summed E-state index contributed by atoms with van der Waals surface area (Å²) in [5.74, 6) is 6.61. The molecule has 1 unspecified atom stereocenters. The predicted molar refractivity (Wildman–Crippen MR) is 91.6 cm³/mol. The first-order chi connectivity index (χ1) is 9.97. The Morgan fingerprint density at radius 1 is 1.19 bits per heavy atom. The number of benzene rings is 1. The Bertz CT molecular complexity index is 468. The van der Waals surface area contributed by atoms with E-state index in [0.717, 1.165) is 6.42 Å². The summed E-state index contributed by atoms with van der Waals surface area (Å²) in [5.41, 5.74) is 4.61. The minimum Gasteiger partial charge on any atom is -0.271 e. The maximum atomic E-state index is 6.14. The van der Waals surface area contributed by atoms with Gasteiger partial charge in [0.1, 0.15) is 0 Å². The van der Waals surface area contributed by atoms with Gasteiger partial charge in [0.25, 0.3) is 0 Å². The molecule has 0 aromatic heterocycles. The normalized spacial score (nSPS) is 19.1. The number of nitrogens with one attached hydrogen (secondary N) is 1. The minimum atomic E-state index is 0.291. The molecule has 0 aliphatic heterocycles. The fourth-order valence-electron chi connectivity index (χ4n) is 3.94. The van der Waals surface area contributed by atoms with Crippen molar-refractivity contribution in [2.75, 3.05) is 0 Å². The maximum absolute atomic E-state index is 6.14. The summed E-state index contributed by atoms with van der Waals surface area (Å²) >= 11 is 12.1. The lowest BCUT2D eigenvalue weighted by atomic mass is 9.71. The molecule has 1 fully saturated rings. The molecule has 1 saturated carbocycles. The van der Waals surface area contributed by atoms with Gasteiger partial charge in [0.05, 0.1) is 10.0 Å². The second-order valence-electron chi connectivity index (χ2n) is 6.84. The molecule has 1 aliphatic carbocycles. The molecule has 1 aromatic rings. The van der Waals surface area contributed by atoms with Crippen LogP contribution in [-0.2, 0) is 6.42 Å². The molecule has 4 heteroatoms. The third kappa shape index (κ3) is 4.13. The SMILES string of the molecule is CC(C)CC1(C(Cc2ccc(Cl)c(Cl)c2)NN)CCCC1. The number of hydrogen-bond donors (Lipinski definition) is 2. The van der Waals surface area contributed by atoms with Crippen LogP contribution in [0.2, 0.25) is 10.0 Å². The van der Waals surface area contributed by atoms with Crippen molar-refractivity contribution in [3.8, 4) is 0 Å². The van der Waals surface area contributed by atoms with Crippen molar-refractivity contribution in [1.29, 1.82) is 0 Å². The summed E-state index contributed by atoms with van der Waals surface area (Å²) in [6.45, 7) is 4.60. The van der Waals surface area contributed by atoms with Crippen molar-refractivity contribution < 1.29 is 0 Å². The van der Waals surface area contributed by atoms with Crippen molar-refractivity contribution >= 4 is 23.2 Å². The molecule has 2 nitrogen and oxygen atoms in total. The zero-order chi connectivity index (χ0) is 15.5. The molecule has 0 spiro atoms. The molecule has 21 heavy (non-hydrogen) atoms. The van der Waals surface area contributed by atoms with E-state index < -0.39 is 0 Å². The van der Waals surface area contributed by atoms with E-state index in [1.165, 1.54) is 37.7 Å². The lowest BCUT2D eigenvalue weighted by Gasteiger charge is -2.39. The van der Waals surface area contributed by atoms with Crippen molar-refractivity contribution in [1.82, 2.24) is 5.43 Å². The molecule has 1 atom stereocenters. The average molecular weight is 329 g/mol. The van der Waals surface area contributed by atoms with Gasteiger partial charge in [-0.25, -0.2) is 0 Å². The van der Waals surface area contributed by atoms with Crippen LogP contribution in [0.3, 0.4) is 0 Å². The lowest BCUT2D eigenvalue weighted by molar-refractivity contribution is 0.154. The van der Waals surface area contributed by atoms with Crippen LogP contribution in [0.1, 0.15) is 51.5 Å². The first-order valence-electron chi connectivity index (χ1n) is 7.87. The van der Waals surface area contributed by atoms with E-state index in [2.05, 4.69) is 25.3 Å². The van der Waals surface area contributed by atoms with E-state index in [0.29, 0.717) is 27.4 Å². The Hall–Kier alpha value is -0.280. The van der Waals surface area contributed by atoms with Crippen molar-refractivity contribution in [3.05, 3.63) is 33.8 Å². The van der Waals surface area contributed by atoms with Gasteiger partial charge in [0.2, 0.25) is 0 Å². The van der Waals surface area contributed by atoms with Gasteiger partial charge < -0.3 is 0 Å². The highest BCUT2D eigenvalue weighted by Gasteiger charge is 2.41. The molecule has 0 heterocycles. The van der Waals surface area contributed by atoms with Crippen LogP contribution >= 0.6 is 23.2 Å². The Morgan fingerprint density at radius 3 is 2.38 bits per heavy atom. The monoisotopic (exact) mass is 328 g/mol. The summed E-state index contributed by atoms with van der Waals surface area (Å²) in [5, 5.41) is 1.23. The van der Waals surface area contributed by atoms with Crippen molar-refractivity contribution in [3.63, 3.8) is 0 Å². The minimum absolute atomic E-state index is 0.291. The van der Waals surface area contributed by atoms with Crippen LogP contribution in [-0.4, -0.2) is 6.04 Å².